The Morgan fingerprint density at radius 3 is 2.56 bits per heavy atom. The Hall–Kier alpha value is -2.43. The molecule has 1 aromatic carbocycles. The number of aryl methyl sites for hydroxylation is 2. The summed E-state index contributed by atoms with van der Waals surface area (Å²) in [6.07, 6.45) is -0.584. The van der Waals surface area contributed by atoms with Crippen LogP contribution in [0.2, 0.25) is 0 Å². The number of rotatable bonds is 2. The van der Waals surface area contributed by atoms with Crippen molar-refractivity contribution < 1.29 is 9.53 Å². The monoisotopic (exact) mass is 243 g/mol. The third-order valence-electron chi connectivity index (χ3n) is 2.42. The van der Waals surface area contributed by atoms with Crippen molar-refractivity contribution in [1.29, 1.82) is 0 Å². The highest BCUT2D eigenvalue weighted by Crippen LogP contribution is 2.11. The molecule has 0 spiro atoms. The number of carbonyl (C=O) groups is 1. The molecule has 0 radical (unpaired) electrons. The summed E-state index contributed by atoms with van der Waals surface area (Å²) in [5.41, 5.74) is 1.79. The number of anilines is 1. The van der Waals surface area contributed by atoms with Crippen molar-refractivity contribution in [3.63, 3.8) is 0 Å². The quantitative estimate of drug-likeness (QED) is 0.880. The van der Waals surface area contributed by atoms with E-state index in [9.17, 15) is 4.79 Å². The van der Waals surface area contributed by atoms with Crippen molar-refractivity contribution >= 4 is 11.9 Å². The first kappa shape index (κ1) is 12.0. The molecule has 0 aliphatic heterocycles. The number of nitrogens with one attached hydrogen (secondary N) is 1. The van der Waals surface area contributed by atoms with Crippen LogP contribution in [0.15, 0.2) is 36.4 Å². The van der Waals surface area contributed by atoms with Crippen LogP contribution in [0.1, 0.15) is 11.3 Å². The van der Waals surface area contributed by atoms with Crippen LogP contribution in [0.4, 0.5) is 10.6 Å². The fourth-order valence-corrected chi connectivity index (χ4v) is 1.33. The topological polar surface area (TPSA) is 64.1 Å². The summed E-state index contributed by atoms with van der Waals surface area (Å²) in [6, 6.07) is 10.6. The average molecular weight is 243 g/mol. The number of carbonyl (C=O) groups excluding carboxylic acids is 1. The van der Waals surface area contributed by atoms with E-state index in [1.807, 2.05) is 19.9 Å². The van der Waals surface area contributed by atoms with Gasteiger partial charge in [-0.15, -0.1) is 5.10 Å². The molecule has 18 heavy (non-hydrogen) atoms. The molecular formula is C13H13N3O2. The van der Waals surface area contributed by atoms with Gasteiger partial charge in [0.1, 0.15) is 5.75 Å². The molecule has 92 valence electrons. The van der Waals surface area contributed by atoms with Crippen molar-refractivity contribution in [1.82, 2.24) is 10.2 Å². The molecule has 0 aliphatic carbocycles. The number of para-hydroxylation sites is 1. The normalized spacial score (nSPS) is 9.89. The third kappa shape index (κ3) is 3.04. The lowest BCUT2D eigenvalue weighted by Crippen LogP contribution is -2.18. The zero-order valence-corrected chi connectivity index (χ0v) is 10.2. The second-order valence-electron chi connectivity index (χ2n) is 3.83. The summed E-state index contributed by atoms with van der Waals surface area (Å²) in [5.74, 6) is 0.853. The summed E-state index contributed by atoms with van der Waals surface area (Å²) in [4.78, 5) is 11.6. The molecule has 1 aromatic heterocycles. The van der Waals surface area contributed by atoms with E-state index >= 15 is 0 Å². The van der Waals surface area contributed by atoms with Crippen LogP contribution in [-0.2, 0) is 0 Å². The van der Waals surface area contributed by atoms with Crippen LogP contribution >= 0.6 is 0 Å². The lowest BCUT2D eigenvalue weighted by Gasteiger charge is -2.06. The van der Waals surface area contributed by atoms with Gasteiger partial charge in [-0.05, 0) is 37.6 Å². The van der Waals surface area contributed by atoms with Gasteiger partial charge in [0.2, 0.25) is 0 Å². The Bertz CT molecular complexity index is 555. The number of amides is 1. The Kier molecular flexibility index (Phi) is 3.52. The molecule has 1 heterocycles. The number of ether oxygens (including phenoxy) is 1. The Morgan fingerprint density at radius 2 is 1.89 bits per heavy atom. The zero-order valence-electron chi connectivity index (χ0n) is 10.2. The van der Waals surface area contributed by atoms with Gasteiger partial charge >= 0.3 is 6.09 Å². The Balaban J connectivity index is 2.01. The molecule has 2 rings (SSSR count). The van der Waals surface area contributed by atoms with Crippen LogP contribution in [-0.4, -0.2) is 16.3 Å². The summed E-state index contributed by atoms with van der Waals surface area (Å²) in [6.45, 7) is 3.76. The first-order chi connectivity index (χ1) is 8.65. The number of aromatic nitrogens is 2. The fraction of sp³-hybridized carbons (Fsp3) is 0.154. The molecule has 0 saturated heterocycles. The maximum atomic E-state index is 11.6. The second kappa shape index (κ2) is 5.27. The van der Waals surface area contributed by atoms with Crippen LogP contribution in [0.3, 0.4) is 0 Å². The summed E-state index contributed by atoms with van der Waals surface area (Å²) in [7, 11) is 0. The smallest absolute Gasteiger partial charge is 0.410 e. The predicted molar refractivity (Wildman–Crippen MR) is 67.6 cm³/mol. The molecule has 0 saturated carbocycles. The first-order valence-electron chi connectivity index (χ1n) is 5.50. The predicted octanol–water partition coefficient (Wildman–Crippen LogP) is 2.70. The van der Waals surface area contributed by atoms with Crippen molar-refractivity contribution in [3.05, 3.63) is 47.7 Å². The third-order valence-corrected chi connectivity index (χ3v) is 2.42. The van der Waals surface area contributed by atoms with E-state index in [0.29, 0.717) is 11.6 Å². The van der Waals surface area contributed by atoms with E-state index < -0.39 is 6.09 Å². The number of hydrogen-bond acceptors (Lipinski definition) is 4. The van der Waals surface area contributed by atoms with Crippen LogP contribution in [0.25, 0.3) is 0 Å². The summed E-state index contributed by atoms with van der Waals surface area (Å²) < 4.78 is 5.07. The molecule has 1 N–H and O–H groups in total. The molecular weight excluding hydrogens is 230 g/mol. The second-order valence-corrected chi connectivity index (χ2v) is 3.83. The van der Waals surface area contributed by atoms with Crippen LogP contribution < -0.4 is 10.1 Å². The van der Waals surface area contributed by atoms with Gasteiger partial charge in [-0.1, -0.05) is 18.2 Å². The van der Waals surface area contributed by atoms with Gasteiger partial charge in [0.05, 0.1) is 5.69 Å². The molecule has 5 nitrogen and oxygen atoms in total. The highest BCUT2D eigenvalue weighted by atomic mass is 16.6. The number of benzene rings is 1. The molecule has 1 amide bonds. The maximum Gasteiger partial charge on any atom is 0.418 e. The van der Waals surface area contributed by atoms with Gasteiger partial charge in [-0.3, -0.25) is 5.32 Å². The van der Waals surface area contributed by atoms with E-state index in [1.54, 1.807) is 30.3 Å². The van der Waals surface area contributed by atoms with E-state index in [1.165, 1.54) is 0 Å². The number of nitrogens with zero attached hydrogens (tertiary/aromatic N) is 2. The summed E-state index contributed by atoms with van der Waals surface area (Å²) in [5, 5.41) is 10.3. The summed E-state index contributed by atoms with van der Waals surface area (Å²) >= 11 is 0. The van der Waals surface area contributed by atoms with Crippen LogP contribution in [0, 0.1) is 13.8 Å². The number of hydrogen-bond donors (Lipinski definition) is 1. The lowest BCUT2D eigenvalue weighted by atomic mass is 10.2. The van der Waals surface area contributed by atoms with Gasteiger partial charge in [0.25, 0.3) is 0 Å². The maximum absolute atomic E-state index is 11.6. The largest absolute Gasteiger partial charge is 0.418 e. The van der Waals surface area contributed by atoms with E-state index in [2.05, 4.69) is 15.5 Å². The highest BCUT2D eigenvalue weighted by molar-refractivity contribution is 5.85. The fourth-order valence-electron chi connectivity index (χ4n) is 1.33. The van der Waals surface area contributed by atoms with E-state index in [-0.39, 0.29) is 0 Å². The average Bonchev–Trinajstić information content (AvgIpc) is 2.35. The lowest BCUT2D eigenvalue weighted by molar-refractivity contribution is 0.215. The highest BCUT2D eigenvalue weighted by Gasteiger charge is 2.07. The molecule has 0 bridgehead atoms. The van der Waals surface area contributed by atoms with Gasteiger partial charge < -0.3 is 4.74 Å². The molecule has 5 heteroatoms. The Labute approximate surface area is 105 Å². The minimum absolute atomic E-state index is 0.374. The molecule has 0 fully saturated rings. The Morgan fingerprint density at radius 1 is 1.17 bits per heavy atom. The molecule has 0 unspecified atom stereocenters. The van der Waals surface area contributed by atoms with Gasteiger partial charge in [0.15, 0.2) is 5.82 Å². The van der Waals surface area contributed by atoms with Crippen molar-refractivity contribution in [2.24, 2.45) is 0 Å². The van der Waals surface area contributed by atoms with Crippen molar-refractivity contribution in [2.45, 2.75) is 13.8 Å². The van der Waals surface area contributed by atoms with Gasteiger partial charge in [0, 0.05) is 0 Å². The van der Waals surface area contributed by atoms with Crippen molar-refractivity contribution in [3.8, 4) is 5.75 Å². The minimum atomic E-state index is -0.584. The first-order valence-corrected chi connectivity index (χ1v) is 5.50. The molecule has 0 atom stereocenters. The standard InChI is InChI=1S/C13H13N3O2/c1-9-8-12(16-15-10(9)2)14-13(17)18-11-6-4-3-5-7-11/h3-8H,1-2H3,(H,14,16,17). The van der Waals surface area contributed by atoms with Gasteiger partial charge in [-0.25, -0.2) is 4.79 Å². The molecule has 2 aromatic rings. The van der Waals surface area contributed by atoms with Gasteiger partial charge in [-0.2, -0.15) is 5.10 Å². The minimum Gasteiger partial charge on any atom is -0.410 e. The zero-order chi connectivity index (χ0) is 13.0. The molecule has 0 aliphatic rings. The van der Waals surface area contributed by atoms with Crippen molar-refractivity contribution in [2.75, 3.05) is 5.32 Å². The van der Waals surface area contributed by atoms with E-state index in [0.717, 1.165) is 11.3 Å². The van der Waals surface area contributed by atoms with E-state index in [4.69, 9.17) is 4.74 Å². The van der Waals surface area contributed by atoms with Crippen LogP contribution in [0.5, 0.6) is 5.75 Å². The SMILES string of the molecule is Cc1cc(NC(=O)Oc2ccccc2)nnc1C.